The summed E-state index contributed by atoms with van der Waals surface area (Å²) in [5, 5.41) is 0. The fourth-order valence-electron chi connectivity index (χ4n) is 2.83. The van der Waals surface area contributed by atoms with Crippen LogP contribution in [0, 0.1) is 5.82 Å². The van der Waals surface area contributed by atoms with Gasteiger partial charge in [0.05, 0.1) is 0 Å². The molecule has 0 radical (unpaired) electrons. The van der Waals surface area contributed by atoms with Crippen LogP contribution >= 0.6 is 0 Å². The first-order chi connectivity index (χ1) is 12.7. The van der Waals surface area contributed by atoms with E-state index >= 15 is 0 Å². The molecule has 4 heteroatoms. The Morgan fingerprint density at radius 3 is 2.19 bits per heavy atom. The standard InChI is InChI=1S/C22H23FN2O/c23-20-11-9-18(10-12-20)16-25(14-13-24)17-19-5-4-8-22(15-19)26-21-6-2-1-3-7-21/h1-12,15H,13-14,16-17,24H2. The van der Waals surface area contributed by atoms with Crippen molar-refractivity contribution in [2.24, 2.45) is 5.73 Å². The molecule has 2 N–H and O–H groups in total. The number of hydrogen-bond donors (Lipinski definition) is 1. The highest BCUT2D eigenvalue weighted by Crippen LogP contribution is 2.22. The lowest BCUT2D eigenvalue weighted by molar-refractivity contribution is 0.264. The summed E-state index contributed by atoms with van der Waals surface area (Å²) in [4.78, 5) is 2.24. The summed E-state index contributed by atoms with van der Waals surface area (Å²) in [7, 11) is 0. The molecule has 0 aromatic heterocycles. The molecule has 0 aliphatic heterocycles. The minimum absolute atomic E-state index is 0.218. The fourth-order valence-corrected chi connectivity index (χ4v) is 2.83. The Morgan fingerprint density at radius 1 is 0.769 bits per heavy atom. The van der Waals surface area contributed by atoms with Crippen molar-refractivity contribution < 1.29 is 9.13 Å². The zero-order valence-electron chi connectivity index (χ0n) is 14.6. The van der Waals surface area contributed by atoms with E-state index in [-0.39, 0.29) is 5.82 Å². The van der Waals surface area contributed by atoms with Crippen LogP contribution in [0.4, 0.5) is 4.39 Å². The van der Waals surface area contributed by atoms with Crippen molar-refractivity contribution in [2.45, 2.75) is 13.1 Å². The van der Waals surface area contributed by atoms with Gasteiger partial charge in [0.15, 0.2) is 0 Å². The number of benzene rings is 3. The zero-order chi connectivity index (χ0) is 18.2. The van der Waals surface area contributed by atoms with E-state index in [2.05, 4.69) is 11.0 Å². The molecule has 3 nitrogen and oxygen atoms in total. The largest absolute Gasteiger partial charge is 0.457 e. The lowest BCUT2D eigenvalue weighted by Gasteiger charge is -2.22. The van der Waals surface area contributed by atoms with Gasteiger partial charge in [0.2, 0.25) is 0 Å². The molecule has 26 heavy (non-hydrogen) atoms. The van der Waals surface area contributed by atoms with Crippen molar-refractivity contribution in [1.29, 1.82) is 0 Å². The second-order valence-corrected chi connectivity index (χ2v) is 6.19. The summed E-state index contributed by atoms with van der Waals surface area (Å²) in [5.74, 6) is 1.41. The fraction of sp³-hybridized carbons (Fsp3) is 0.182. The van der Waals surface area contributed by atoms with E-state index in [4.69, 9.17) is 10.5 Å². The summed E-state index contributed by atoms with van der Waals surface area (Å²) in [5.41, 5.74) is 7.98. The van der Waals surface area contributed by atoms with Crippen LogP contribution in [0.15, 0.2) is 78.9 Å². The quantitative estimate of drug-likeness (QED) is 0.646. The smallest absolute Gasteiger partial charge is 0.127 e. The molecule has 0 aliphatic rings. The molecular weight excluding hydrogens is 327 g/mol. The lowest BCUT2D eigenvalue weighted by Crippen LogP contribution is -2.28. The van der Waals surface area contributed by atoms with Gasteiger partial charge in [-0.05, 0) is 47.5 Å². The molecular formula is C22H23FN2O. The predicted molar refractivity (Wildman–Crippen MR) is 103 cm³/mol. The number of nitrogens with two attached hydrogens (primary N) is 1. The van der Waals surface area contributed by atoms with E-state index in [1.165, 1.54) is 12.1 Å². The van der Waals surface area contributed by atoms with Crippen LogP contribution in [0.1, 0.15) is 11.1 Å². The molecule has 0 atom stereocenters. The van der Waals surface area contributed by atoms with Gasteiger partial charge < -0.3 is 10.5 Å². The van der Waals surface area contributed by atoms with Gasteiger partial charge >= 0.3 is 0 Å². The Kier molecular flexibility index (Phi) is 6.36. The van der Waals surface area contributed by atoms with Crippen LogP contribution in [0.25, 0.3) is 0 Å². The Hall–Kier alpha value is -2.69. The number of ether oxygens (including phenoxy) is 1. The molecule has 0 fully saturated rings. The average molecular weight is 350 g/mol. The summed E-state index contributed by atoms with van der Waals surface area (Å²) in [6, 6.07) is 24.4. The highest BCUT2D eigenvalue weighted by molar-refractivity contribution is 5.34. The summed E-state index contributed by atoms with van der Waals surface area (Å²) < 4.78 is 19.0. The highest BCUT2D eigenvalue weighted by atomic mass is 19.1. The van der Waals surface area contributed by atoms with Gasteiger partial charge in [-0.1, -0.05) is 42.5 Å². The van der Waals surface area contributed by atoms with Gasteiger partial charge in [0.25, 0.3) is 0 Å². The van der Waals surface area contributed by atoms with Crippen molar-refractivity contribution in [3.8, 4) is 11.5 Å². The SMILES string of the molecule is NCCN(Cc1ccc(F)cc1)Cc1cccc(Oc2ccccc2)c1. The minimum atomic E-state index is -0.218. The molecule has 3 aromatic rings. The predicted octanol–water partition coefficient (Wildman–Crippen LogP) is 4.58. The van der Waals surface area contributed by atoms with Gasteiger partial charge in [-0.25, -0.2) is 4.39 Å². The summed E-state index contributed by atoms with van der Waals surface area (Å²) in [6.45, 7) is 2.81. The van der Waals surface area contributed by atoms with Crippen LogP contribution in [0.2, 0.25) is 0 Å². The van der Waals surface area contributed by atoms with Gasteiger partial charge in [0, 0.05) is 26.2 Å². The third-order valence-corrected chi connectivity index (χ3v) is 4.05. The summed E-state index contributed by atoms with van der Waals surface area (Å²) >= 11 is 0. The summed E-state index contributed by atoms with van der Waals surface area (Å²) in [6.07, 6.45) is 0. The first kappa shape index (κ1) is 18.1. The van der Waals surface area contributed by atoms with Crippen LogP contribution < -0.4 is 10.5 Å². The molecule has 0 amide bonds. The molecule has 0 saturated heterocycles. The maximum absolute atomic E-state index is 13.1. The first-order valence-corrected chi connectivity index (χ1v) is 8.71. The molecule has 0 unspecified atom stereocenters. The van der Waals surface area contributed by atoms with Crippen molar-refractivity contribution in [2.75, 3.05) is 13.1 Å². The van der Waals surface area contributed by atoms with E-state index in [1.54, 1.807) is 0 Å². The van der Waals surface area contributed by atoms with Gasteiger partial charge in [-0.2, -0.15) is 0 Å². The molecule has 134 valence electrons. The number of hydrogen-bond acceptors (Lipinski definition) is 3. The second kappa shape index (κ2) is 9.13. The van der Waals surface area contributed by atoms with Crippen molar-refractivity contribution in [1.82, 2.24) is 4.90 Å². The third kappa shape index (κ3) is 5.41. The van der Waals surface area contributed by atoms with Crippen molar-refractivity contribution in [3.63, 3.8) is 0 Å². The Balaban J connectivity index is 1.68. The lowest BCUT2D eigenvalue weighted by atomic mass is 10.1. The van der Waals surface area contributed by atoms with Crippen LogP contribution in [-0.4, -0.2) is 18.0 Å². The third-order valence-electron chi connectivity index (χ3n) is 4.05. The van der Waals surface area contributed by atoms with E-state index in [0.29, 0.717) is 6.54 Å². The normalized spacial score (nSPS) is 10.9. The minimum Gasteiger partial charge on any atom is -0.457 e. The molecule has 3 rings (SSSR count). The van der Waals surface area contributed by atoms with Gasteiger partial charge in [0.1, 0.15) is 17.3 Å². The molecule has 0 spiro atoms. The average Bonchev–Trinajstić information content (AvgIpc) is 2.65. The Bertz CT molecular complexity index is 806. The number of para-hydroxylation sites is 1. The Morgan fingerprint density at radius 2 is 1.46 bits per heavy atom. The van der Waals surface area contributed by atoms with Crippen LogP contribution in [-0.2, 0) is 13.1 Å². The first-order valence-electron chi connectivity index (χ1n) is 8.71. The topological polar surface area (TPSA) is 38.5 Å². The van der Waals surface area contributed by atoms with Crippen molar-refractivity contribution in [3.05, 3.63) is 95.8 Å². The highest BCUT2D eigenvalue weighted by Gasteiger charge is 2.08. The van der Waals surface area contributed by atoms with Crippen molar-refractivity contribution >= 4 is 0 Å². The van der Waals surface area contributed by atoms with E-state index < -0.39 is 0 Å². The monoisotopic (exact) mass is 350 g/mol. The Labute approximate surface area is 153 Å². The van der Waals surface area contributed by atoms with E-state index in [0.717, 1.165) is 42.3 Å². The molecule has 0 bridgehead atoms. The number of halogens is 1. The molecule has 0 heterocycles. The molecule has 0 saturated carbocycles. The van der Waals surface area contributed by atoms with E-state index in [9.17, 15) is 4.39 Å². The second-order valence-electron chi connectivity index (χ2n) is 6.19. The molecule has 0 aliphatic carbocycles. The van der Waals surface area contributed by atoms with Gasteiger partial charge in [-0.3, -0.25) is 4.90 Å². The van der Waals surface area contributed by atoms with Gasteiger partial charge in [-0.15, -0.1) is 0 Å². The molecule has 3 aromatic carbocycles. The van der Waals surface area contributed by atoms with E-state index in [1.807, 2.05) is 60.7 Å². The van der Waals surface area contributed by atoms with Crippen LogP contribution in [0.3, 0.4) is 0 Å². The number of nitrogens with zero attached hydrogens (tertiary/aromatic N) is 1. The maximum Gasteiger partial charge on any atom is 0.127 e. The zero-order valence-corrected chi connectivity index (χ0v) is 14.6. The van der Waals surface area contributed by atoms with Crippen LogP contribution in [0.5, 0.6) is 11.5 Å². The maximum atomic E-state index is 13.1. The number of rotatable bonds is 8.